The molecule has 218 valence electrons. The second-order valence-corrected chi connectivity index (χ2v) is 12.0. The smallest absolute Gasteiger partial charge is 0.312 e. The first-order valence-electron chi connectivity index (χ1n) is 13.5. The monoisotopic (exact) mass is 550 g/mol. The van der Waals surface area contributed by atoms with Crippen LogP contribution < -0.4 is 0 Å². The third-order valence-corrected chi connectivity index (χ3v) is 9.20. The number of carbonyl (C=O) groups excluding carboxylic acids is 5. The molecular weight excluding hydrogens is 508 g/mol. The molecule has 0 aromatic heterocycles. The zero-order valence-electron chi connectivity index (χ0n) is 24.5. The molecule has 3 aliphatic carbocycles. The van der Waals surface area contributed by atoms with Crippen molar-refractivity contribution in [1.29, 1.82) is 0 Å². The van der Waals surface area contributed by atoms with Crippen molar-refractivity contribution >= 4 is 29.8 Å². The van der Waals surface area contributed by atoms with E-state index in [9.17, 15) is 24.0 Å². The number of ether oxygens (including phenoxy) is 5. The Hall–Kier alpha value is -2.91. The molecule has 0 amide bonds. The Kier molecular flexibility index (Phi) is 8.87. The van der Waals surface area contributed by atoms with Crippen LogP contribution in [0.2, 0.25) is 0 Å². The first-order valence-corrected chi connectivity index (χ1v) is 13.5. The fourth-order valence-electron chi connectivity index (χ4n) is 7.48. The van der Waals surface area contributed by atoms with Gasteiger partial charge in [-0.1, -0.05) is 20.8 Å². The molecule has 0 aromatic rings. The van der Waals surface area contributed by atoms with E-state index in [4.69, 9.17) is 23.7 Å². The van der Waals surface area contributed by atoms with Crippen LogP contribution in [-0.2, 0) is 47.7 Å². The van der Waals surface area contributed by atoms with Crippen LogP contribution in [0.3, 0.4) is 0 Å². The third kappa shape index (κ3) is 5.84. The number of esters is 5. The SMILES string of the molecule is COC(=O)[C@@H]1[C@@H](OC(C)=O)CC[C@]2(C)[C@@H]1C[C@@H]1C[C@H](OC(C)=O)C(C)=C([C@@H](OC(C)=O)[C@@H]2OC(C)=O)C1(C)C. The van der Waals surface area contributed by atoms with Gasteiger partial charge < -0.3 is 23.7 Å². The van der Waals surface area contributed by atoms with Gasteiger partial charge in [-0.3, -0.25) is 24.0 Å². The van der Waals surface area contributed by atoms with Gasteiger partial charge in [0.2, 0.25) is 0 Å². The highest BCUT2D eigenvalue weighted by Gasteiger charge is 2.63. The molecule has 3 rings (SSSR count). The Morgan fingerprint density at radius 1 is 0.795 bits per heavy atom. The summed E-state index contributed by atoms with van der Waals surface area (Å²) in [5.74, 6) is -4.04. The van der Waals surface area contributed by atoms with E-state index in [0.717, 1.165) is 11.1 Å². The van der Waals surface area contributed by atoms with Gasteiger partial charge in [0.15, 0.2) is 6.10 Å². The van der Waals surface area contributed by atoms with Crippen LogP contribution >= 0.6 is 0 Å². The van der Waals surface area contributed by atoms with Crippen molar-refractivity contribution in [3.05, 3.63) is 11.1 Å². The summed E-state index contributed by atoms with van der Waals surface area (Å²) < 4.78 is 28.6. The molecule has 0 spiro atoms. The van der Waals surface area contributed by atoms with Gasteiger partial charge in [0, 0.05) is 33.1 Å². The second kappa shape index (κ2) is 11.3. The summed E-state index contributed by atoms with van der Waals surface area (Å²) in [5.41, 5.74) is 0.0729. The van der Waals surface area contributed by atoms with Crippen LogP contribution in [0.5, 0.6) is 0 Å². The summed E-state index contributed by atoms with van der Waals surface area (Å²) in [6.07, 6.45) is -1.53. The molecule has 10 nitrogen and oxygen atoms in total. The fourth-order valence-corrected chi connectivity index (χ4v) is 7.48. The maximum atomic E-state index is 13.4. The maximum Gasteiger partial charge on any atom is 0.312 e. The van der Waals surface area contributed by atoms with E-state index in [1.807, 2.05) is 27.7 Å². The van der Waals surface area contributed by atoms with E-state index < -0.39 is 76.9 Å². The predicted octanol–water partition coefficient (Wildman–Crippen LogP) is 3.69. The highest BCUT2D eigenvalue weighted by molar-refractivity contribution is 5.75. The van der Waals surface area contributed by atoms with Crippen LogP contribution in [-0.4, -0.2) is 61.4 Å². The number of hydrogen-bond donors (Lipinski definition) is 0. The van der Waals surface area contributed by atoms with Crippen molar-refractivity contribution in [2.24, 2.45) is 28.6 Å². The van der Waals surface area contributed by atoms with E-state index in [0.29, 0.717) is 25.7 Å². The highest BCUT2D eigenvalue weighted by atomic mass is 16.6. The van der Waals surface area contributed by atoms with E-state index >= 15 is 0 Å². The van der Waals surface area contributed by atoms with Crippen molar-refractivity contribution in [2.75, 3.05) is 7.11 Å². The molecule has 2 saturated carbocycles. The summed E-state index contributed by atoms with van der Waals surface area (Å²) in [5, 5.41) is 0. The molecule has 2 bridgehead atoms. The zero-order valence-corrected chi connectivity index (χ0v) is 24.5. The molecule has 3 aliphatic rings. The summed E-state index contributed by atoms with van der Waals surface area (Å²) in [6, 6.07) is 0. The average molecular weight is 551 g/mol. The Bertz CT molecular complexity index is 1060. The minimum atomic E-state index is -0.987. The van der Waals surface area contributed by atoms with Gasteiger partial charge in [-0.25, -0.2) is 0 Å². The van der Waals surface area contributed by atoms with E-state index in [1.165, 1.54) is 34.8 Å². The molecule has 2 fully saturated rings. The van der Waals surface area contributed by atoms with E-state index in [2.05, 4.69) is 0 Å². The standard InChI is InChI=1S/C29H42O10/c1-14-22(37-16(3)31)13-19-12-20-23(27(34)35-9)21(36-15(2)30)10-11-29(20,8)26(39-18(5)33)25(38-17(4)32)24(14)28(19,6)7/h19-23,25-26H,10-13H2,1-9H3/t19-,20-,21+,22+,23+,25-,26+,29-/m1/s1. The minimum absolute atomic E-state index is 0.121. The summed E-state index contributed by atoms with van der Waals surface area (Å²) in [6.45, 7) is 13.1. The van der Waals surface area contributed by atoms with Crippen LogP contribution in [0.1, 0.15) is 81.1 Å². The van der Waals surface area contributed by atoms with Crippen LogP contribution in [0.4, 0.5) is 0 Å². The second-order valence-electron chi connectivity index (χ2n) is 12.0. The lowest BCUT2D eigenvalue weighted by Gasteiger charge is -2.58. The summed E-state index contributed by atoms with van der Waals surface area (Å²) >= 11 is 0. The lowest BCUT2D eigenvalue weighted by molar-refractivity contribution is -0.205. The lowest BCUT2D eigenvalue weighted by atomic mass is 9.49. The Morgan fingerprint density at radius 2 is 1.36 bits per heavy atom. The summed E-state index contributed by atoms with van der Waals surface area (Å²) in [7, 11) is 1.29. The number of methoxy groups -OCH3 is 1. The molecule has 0 heterocycles. The Morgan fingerprint density at radius 3 is 1.87 bits per heavy atom. The first kappa shape index (κ1) is 30.6. The van der Waals surface area contributed by atoms with Gasteiger partial charge in [0.05, 0.1) is 13.0 Å². The quantitative estimate of drug-likeness (QED) is 0.284. The average Bonchev–Trinajstić information content (AvgIpc) is 2.80. The third-order valence-electron chi connectivity index (χ3n) is 9.20. The number of hydrogen-bond acceptors (Lipinski definition) is 10. The van der Waals surface area contributed by atoms with E-state index in [-0.39, 0.29) is 5.92 Å². The van der Waals surface area contributed by atoms with Crippen LogP contribution in [0, 0.1) is 28.6 Å². The molecule has 0 aromatic carbocycles. The molecule has 0 radical (unpaired) electrons. The van der Waals surface area contributed by atoms with Crippen molar-refractivity contribution in [3.63, 3.8) is 0 Å². The predicted molar refractivity (Wildman–Crippen MR) is 138 cm³/mol. The molecule has 10 heteroatoms. The highest BCUT2D eigenvalue weighted by Crippen LogP contribution is 2.61. The van der Waals surface area contributed by atoms with Gasteiger partial charge in [-0.2, -0.15) is 0 Å². The van der Waals surface area contributed by atoms with Gasteiger partial charge in [0.25, 0.3) is 0 Å². The van der Waals surface area contributed by atoms with Gasteiger partial charge in [0.1, 0.15) is 18.3 Å². The lowest BCUT2D eigenvalue weighted by Crippen LogP contribution is -2.62. The minimum Gasteiger partial charge on any atom is -0.469 e. The topological polar surface area (TPSA) is 132 Å². The zero-order chi connectivity index (χ0) is 29.4. The number of carbonyl (C=O) groups is 5. The molecule has 0 aliphatic heterocycles. The number of rotatable bonds is 5. The molecular formula is C29H42O10. The first-order chi connectivity index (χ1) is 18.0. The van der Waals surface area contributed by atoms with Gasteiger partial charge >= 0.3 is 29.8 Å². The summed E-state index contributed by atoms with van der Waals surface area (Å²) in [4.78, 5) is 62.5. The van der Waals surface area contributed by atoms with Crippen LogP contribution in [0.25, 0.3) is 0 Å². The maximum absolute atomic E-state index is 13.4. The van der Waals surface area contributed by atoms with Crippen molar-refractivity contribution < 1.29 is 47.7 Å². The van der Waals surface area contributed by atoms with Crippen LogP contribution in [0.15, 0.2) is 11.1 Å². The van der Waals surface area contributed by atoms with Gasteiger partial charge in [-0.05, 0) is 61.0 Å². The molecule has 8 atom stereocenters. The Balaban J connectivity index is 2.34. The van der Waals surface area contributed by atoms with E-state index in [1.54, 1.807) is 0 Å². The van der Waals surface area contributed by atoms with Crippen molar-refractivity contribution in [3.8, 4) is 0 Å². The normalized spacial score (nSPS) is 35.4. The molecule has 0 unspecified atom stereocenters. The van der Waals surface area contributed by atoms with Gasteiger partial charge in [-0.15, -0.1) is 0 Å². The molecule has 0 N–H and O–H groups in total. The van der Waals surface area contributed by atoms with Crippen molar-refractivity contribution in [1.82, 2.24) is 0 Å². The fraction of sp³-hybridized carbons (Fsp3) is 0.759. The number of fused-ring (bicyclic) bond motifs is 3. The van der Waals surface area contributed by atoms with Crippen molar-refractivity contribution in [2.45, 2.75) is 105 Å². The largest absolute Gasteiger partial charge is 0.469 e. The molecule has 0 saturated heterocycles. The molecule has 39 heavy (non-hydrogen) atoms. The Labute approximate surface area is 230 Å².